The van der Waals surface area contributed by atoms with E-state index in [0.717, 1.165) is 21.2 Å². The molecule has 0 spiro atoms. The van der Waals surface area contributed by atoms with Crippen molar-refractivity contribution < 1.29 is 28.6 Å². The summed E-state index contributed by atoms with van der Waals surface area (Å²) < 4.78 is 16.4. The molecule has 0 atom stereocenters. The second-order valence-electron chi connectivity index (χ2n) is 6.46. The standard InChI is InChI=1S/C22H19BrN2O6S2/c1-3-30-19(26)12-31-17-9-6-15(23)10-14(17)11-18-21(28)25(22(32)33-18)24-20(27)13-4-7-16(29-2)8-5-13/h4-11H,3,12H2,1-2H3,(H,24,27)/b18-11+. The molecule has 1 aliphatic heterocycles. The monoisotopic (exact) mass is 550 g/mol. The van der Waals surface area contributed by atoms with Crippen molar-refractivity contribution >= 4 is 68.1 Å². The van der Waals surface area contributed by atoms with Crippen LogP contribution < -0.4 is 14.9 Å². The van der Waals surface area contributed by atoms with Crippen molar-refractivity contribution in [3.63, 3.8) is 0 Å². The van der Waals surface area contributed by atoms with Crippen LogP contribution in [0.5, 0.6) is 11.5 Å². The number of thiocarbonyl (C=S) groups is 1. The minimum atomic E-state index is -0.501. The van der Waals surface area contributed by atoms with Gasteiger partial charge in [-0.2, -0.15) is 5.01 Å². The fraction of sp³-hybridized carbons (Fsp3) is 0.182. The molecule has 0 aromatic heterocycles. The van der Waals surface area contributed by atoms with Crippen LogP contribution in [0, 0.1) is 0 Å². The number of rotatable bonds is 8. The first-order valence-electron chi connectivity index (χ1n) is 9.63. The molecule has 1 aliphatic rings. The van der Waals surface area contributed by atoms with Gasteiger partial charge in [0.2, 0.25) is 0 Å². The highest BCUT2D eigenvalue weighted by atomic mass is 79.9. The Bertz CT molecular complexity index is 1120. The summed E-state index contributed by atoms with van der Waals surface area (Å²) in [6.07, 6.45) is 1.59. The minimum Gasteiger partial charge on any atom is -0.497 e. The predicted octanol–water partition coefficient (Wildman–Crippen LogP) is 3.95. The normalized spacial score (nSPS) is 14.4. The first-order chi connectivity index (χ1) is 15.8. The van der Waals surface area contributed by atoms with E-state index in [-0.39, 0.29) is 22.4 Å². The van der Waals surface area contributed by atoms with E-state index in [9.17, 15) is 14.4 Å². The molecule has 0 unspecified atom stereocenters. The van der Waals surface area contributed by atoms with Gasteiger partial charge in [-0.15, -0.1) is 0 Å². The summed E-state index contributed by atoms with van der Waals surface area (Å²) in [5.74, 6) is -0.480. The van der Waals surface area contributed by atoms with Crippen LogP contribution >= 0.6 is 39.9 Å². The van der Waals surface area contributed by atoms with E-state index in [4.69, 9.17) is 26.4 Å². The Hall–Kier alpha value is -2.89. The van der Waals surface area contributed by atoms with Gasteiger partial charge in [0.05, 0.1) is 18.6 Å². The van der Waals surface area contributed by atoms with E-state index in [1.807, 2.05) is 0 Å². The molecule has 0 saturated carbocycles. The van der Waals surface area contributed by atoms with E-state index < -0.39 is 17.8 Å². The molecule has 1 fully saturated rings. The number of nitrogens with one attached hydrogen (secondary N) is 1. The Balaban J connectivity index is 1.76. The van der Waals surface area contributed by atoms with Crippen LogP contribution in [-0.4, -0.2) is 47.4 Å². The zero-order valence-corrected chi connectivity index (χ0v) is 20.8. The van der Waals surface area contributed by atoms with Crippen LogP contribution in [0.3, 0.4) is 0 Å². The highest BCUT2D eigenvalue weighted by Crippen LogP contribution is 2.34. The van der Waals surface area contributed by atoms with E-state index in [1.54, 1.807) is 55.5 Å². The number of benzene rings is 2. The van der Waals surface area contributed by atoms with Crippen LogP contribution in [0.25, 0.3) is 6.08 Å². The first kappa shape index (κ1) is 24.7. The molecule has 0 radical (unpaired) electrons. The molecule has 8 nitrogen and oxygen atoms in total. The number of carbonyl (C=O) groups is 3. The first-order valence-corrected chi connectivity index (χ1v) is 11.6. The number of thioether (sulfide) groups is 1. The molecular formula is C22H19BrN2O6S2. The van der Waals surface area contributed by atoms with Gasteiger partial charge in [0.25, 0.3) is 11.8 Å². The molecular weight excluding hydrogens is 532 g/mol. The number of hydrazine groups is 1. The quantitative estimate of drug-likeness (QED) is 0.300. The van der Waals surface area contributed by atoms with Gasteiger partial charge < -0.3 is 14.2 Å². The number of nitrogens with zero attached hydrogens (tertiary/aromatic N) is 1. The zero-order valence-electron chi connectivity index (χ0n) is 17.6. The second-order valence-corrected chi connectivity index (χ2v) is 9.05. The van der Waals surface area contributed by atoms with Crippen LogP contribution in [0.1, 0.15) is 22.8 Å². The Kier molecular flexibility index (Phi) is 8.48. The van der Waals surface area contributed by atoms with Gasteiger partial charge >= 0.3 is 5.97 Å². The molecule has 1 saturated heterocycles. The average Bonchev–Trinajstić information content (AvgIpc) is 3.06. The van der Waals surface area contributed by atoms with Crippen molar-refractivity contribution in [3.8, 4) is 11.5 Å². The summed E-state index contributed by atoms with van der Waals surface area (Å²) in [5.41, 5.74) is 3.42. The number of halogens is 1. The number of methoxy groups -OCH3 is 1. The molecule has 2 aromatic rings. The summed E-state index contributed by atoms with van der Waals surface area (Å²) in [6, 6.07) is 11.6. The Morgan fingerprint density at radius 1 is 1.21 bits per heavy atom. The maximum atomic E-state index is 12.9. The average molecular weight is 551 g/mol. The van der Waals surface area contributed by atoms with Crippen molar-refractivity contribution in [3.05, 3.63) is 63.0 Å². The third kappa shape index (κ3) is 6.34. The molecule has 33 heavy (non-hydrogen) atoms. The molecule has 11 heteroatoms. The molecule has 1 N–H and O–H groups in total. The third-order valence-electron chi connectivity index (χ3n) is 4.27. The zero-order chi connectivity index (χ0) is 24.0. The number of amides is 2. The van der Waals surface area contributed by atoms with Gasteiger partial charge in [0.1, 0.15) is 11.5 Å². The number of hydrogen-bond acceptors (Lipinski definition) is 8. The van der Waals surface area contributed by atoms with Crippen LogP contribution in [0.2, 0.25) is 0 Å². The largest absolute Gasteiger partial charge is 0.497 e. The summed E-state index contributed by atoms with van der Waals surface area (Å²) in [5, 5.41) is 1.02. The fourth-order valence-corrected chi connectivity index (χ4v) is 4.27. The smallest absolute Gasteiger partial charge is 0.344 e. The Morgan fingerprint density at radius 3 is 2.61 bits per heavy atom. The van der Waals surface area contributed by atoms with Crippen LogP contribution in [0.4, 0.5) is 0 Å². The highest BCUT2D eigenvalue weighted by Gasteiger charge is 2.34. The van der Waals surface area contributed by atoms with Gasteiger partial charge in [-0.25, -0.2) is 4.79 Å². The number of carbonyl (C=O) groups excluding carboxylic acids is 3. The summed E-state index contributed by atoms with van der Waals surface area (Å²) >= 11 is 9.71. The maximum Gasteiger partial charge on any atom is 0.344 e. The van der Waals surface area contributed by atoms with E-state index in [2.05, 4.69) is 21.4 Å². The van der Waals surface area contributed by atoms with Crippen molar-refractivity contribution in [2.75, 3.05) is 20.3 Å². The molecule has 0 bridgehead atoms. The van der Waals surface area contributed by atoms with Gasteiger partial charge in [-0.05, 0) is 67.7 Å². The molecule has 3 rings (SSSR count). The second kappa shape index (κ2) is 11.3. The van der Waals surface area contributed by atoms with Gasteiger partial charge in [0.15, 0.2) is 10.9 Å². The Morgan fingerprint density at radius 2 is 1.94 bits per heavy atom. The van der Waals surface area contributed by atoms with Crippen LogP contribution in [-0.2, 0) is 14.3 Å². The Labute approximate surface area is 208 Å². The SMILES string of the molecule is CCOC(=O)COc1ccc(Br)cc1/C=C1/SC(=S)N(NC(=O)c2ccc(OC)cc2)C1=O. The highest BCUT2D eigenvalue weighted by molar-refractivity contribution is 9.10. The lowest BCUT2D eigenvalue weighted by Gasteiger charge is -2.15. The van der Waals surface area contributed by atoms with Crippen LogP contribution in [0.15, 0.2) is 51.8 Å². The summed E-state index contributed by atoms with van der Waals surface area (Å²) in [6.45, 7) is 1.69. The topological polar surface area (TPSA) is 94.2 Å². The van der Waals surface area contributed by atoms with Crippen molar-refractivity contribution in [1.29, 1.82) is 0 Å². The minimum absolute atomic E-state index is 0.178. The molecule has 0 aliphatic carbocycles. The molecule has 2 aromatic carbocycles. The third-order valence-corrected chi connectivity index (χ3v) is 6.06. The molecule has 172 valence electrons. The predicted molar refractivity (Wildman–Crippen MR) is 132 cm³/mol. The maximum absolute atomic E-state index is 12.9. The van der Waals surface area contributed by atoms with Gasteiger partial charge in [0, 0.05) is 15.6 Å². The van der Waals surface area contributed by atoms with Crippen molar-refractivity contribution in [2.45, 2.75) is 6.92 Å². The van der Waals surface area contributed by atoms with E-state index >= 15 is 0 Å². The van der Waals surface area contributed by atoms with Crippen molar-refractivity contribution in [1.82, 2.24) is 10.4 Å². The van der Waals surface area contributed by atoms with Crippen molar-refractivity contribution in [2.24, 2.45) is 0 Å². The fourth-order valence-electron chi connectivity index (χ4n) is 2.72. The summed E-state index contributed by atoms with van der Waals surface area (Å²) in [7, 11) is 1.53. The molecule has 1 heterocycles. The lowest BCUT2D eigenvalue weighted by atomic mass is 10.2. The number of hydrogen-bond donors (Lipinski definition) is 1. The lowest BCUT2D eigenvalue weighted by molar-refractivity contribution is -0.145. The lowest BCUT2D eigenvalue weighted by Crippen LogP contribution is -2.44. The van der Waals surface area contributed by atoms with E-state index in [1.165, 1.54) is 7.11 Å². The van der Waals surface area contributed by atoms with Gasteiger partial charge in [-0.3, -0.25) is 15.0 Å². The van der Waals surface area contributed by atoms with Gasteiger partial charge in [-0.1, -0.05) is 27.7 Å². The summed E-state index contributed by atoms with van der Waals surface area (Å²) in [4.78, 5) is 37.4. The number of ether oxygens (including phenoxy) is 3. The molecule has 2 amide bonds. The number of esters is 1. The van der Waals surface area contributed by atoms with E-state index in [0.29, 0.717) is 22.6 Å².